The number of nitrogens with one attached hydrogen (secondary N) is 1. The highest BCUT2D eigenvalue weighted by atomic mass is 19.4. The molecule has 168 valence electrons. The molecule has 0 radical (unpaired) electrons. The largest absolute Gasteiger partial charge is 0.508 e. The fraction of sp³-hybridized carbons (Fsp3) is 0.190. The van der Waals surface area contributed by atoms with Gasteiger partial charge < -0.3 is 19.7 Å². The van der Waals surface area contributed by atoms with Gasteiger partial charge in [0.25, 0.3) is 0 Å². The third kappa shape index (κ3) is 4.36. The maximum Gasteiger partial charge on any atom is 0.490 e. The number of alkyl halides is 3. The number of aryl methyl sites for hydroxylation is 1. The number of fused-ring (bicyclic) bond motifs is 3. The first-order chi connectivity index (χ1) is 15.1. The molecule has 0 atom stereocenters. The molecule has 32 heavy (non-hydrogen) atoms. The summed E-state index contributed by atoms with van der Waals surface area (Å²) in [5.41, 5.74) is 3.24. The lowest BCUT2D eigenvalue weighted by atomic mass is 10.00. The molecule has 8 nitrogen and oxygen atoms in total. The third-order valence-corrected chi connectivity index (χ3v) is 4.58. The molecule has 3 N–H and O–H groups in total. The van der Waals surface area contributed by atoms with Crippen molar-refractivity contribution in [2.45, 2.75) is 13.1 Å². The van der Waals surface area contributed by atoms with Crippen LogP contribution in [0.2, 0.25) is 0 Å². The second-order valence-electron chi connectivity index (χ2n) is 6.61. The maximum atomic E-state index is 10.6. The van der Waals surface area contributed by atoms with Gasteiger partial charge in [-0.2, -0.15) is 18.3 Å². The Hall–Kier alpha value is -4.02. The molecule has 0 saturated carbocycles. The van der Waals surface area contributed by atoms with E-state index in [1.165, 1.54) is 0 Å². The van der Waals surface area contributed by atoms with Crippen LogP contribution in [0, 0.1) is 6.92 Å². The minimum absolute atomic E-state index is 0.212. The Morgan fingerprint density at radius 3 is 2.06 bits per heavy atom. The predicted octanol–water partition coefficient (Wildman–Crippen LogP) is 4.44. The van der Waals surface area contributed by atoms with Crippen molar-refractivity contribution >= 4 is 27.8 Å². The van der Waals surface area contributed by atoms with Gasteiger partial charge in [-0.15, -0.1) is 0 Å². The molecule has 4 aromatic rings. The van der Waals surface area contributed by atoms with Crippen LogP contribution in [0.25, 0.3) is 33.1 Å². The highest BCUT2D eigenvalue weighted by Gasteiger charge is 2.38. The van der Waals surface area contributed by atoms with Crippen molar-refractivity contribution in [2.24, 2.45) is 0 Å². The van der Waals surface area contributed by atoms with Crippen LogP contribution in [-0.4, -0.2) is 51.8 Å². The number of hydrogen-bond donors (Lipinski definition) is 3. The number of phenolic OH excluding ortho intramolecular Hbond substituents is 1. The van der Waals surface area contributed by atoms with Crippen molar-refractivity contribution in [3.8, 4) is 28.5 Å². The van der Waals surface area contributed by atoms with Gasteiger partial charge >= 0.3 is 12.1 Å². The van der Waals surface area contributed by atoms with Gasteiger partial charge in [0.2, 0.25) is 0 Å². The predicted molar refractivity (Wildman–Crippen MR) is 110 cm³/mol. The fourth-order valence-electron chi connectivity index (χ4n) is 3.11. The number of aromatic hydroxyl groups is 1. The number of ether oxygens (including phenoxy) is 2. The minimum Gasteiger partial charge on any atom is -0.508 e. The molecule has 11 heteroatoms. The minimum atomic E-state index is -5.08. The Kier molecular flexibility index (Phi) is 6.10. The molecule has 0 amide bonds. The summed E-state index contributed by atoms with van der Waals surface area (Å²) in [6, 6.07) is 10.8. The lowest BCUT2D eigenvalue weighted by molar-refractivity contribution is -0.192. The molecule has 2 heterocycles. The zero-order valence-electron chi connectivity index (χ0n) is 17.1. The number of aromatic amines is 1. The van der Waals surface area contributed by atoms with Gasteiger partial charge in [0.1, 0.15) is 5.75 Å². The first-order valence-electron chi connectivity index (χ1n) is 9.06. The zero-order valence-corrected chi connectivity index (χ0v) is 17.1. The standard InChI is InChI=1S/C19H17N3O3.C2HF3O2/c1-10-17-13-8-15(24-2)16(25-3)9-14(13)18(20-19(17)22-21-10)11-4-6-12(23)7-5-11;3-2(4,5)1(6)7/h4-9,23H,1-3H3,(H,20,21,22);(H,6,7). The van der Waals surface area contributed by atoms with Crippen molar-refractivity contribution in [1.82, 2.24) is 15.2 Å². The summed E-state index contributed by atoms with van der Waals surface area (Å²) >= 11 is 0. The number of methoxy groups -OCH3 is 2. The molecule has 0 aliphatic rings. The highest BCUT2D eigenvalue weighted by molar-refractivity contribution is 6.12. The lowest BCUT2D eigenvalue weighted by Gasteiger charge is -2.13. The van der Waals surface area contributed by atoms with Gasteiger partial charge in [0.15, 0.2) is 17.1 Å². The number of carboxylic acid groups (broad SMARTS) is 1. The smallest absolute Gasteiger partial charge is 0.490 e. The van der Waals surface area contributed by atoms with E-state index in [1.54, 1.807) is 26.4 Å². The maximum absolute atomic E-state index is 10.6. The van der Waals surface area contributed by atoms with Gasteiger partial charge in [0.05, 0.1) is 19.9 Å². The van der Waals surface area contributed by atoms with Crippen molar-refractivity contribution in [1.29, 1.82) is 0 Å². The second kappa shape index (κ2) is 8.61. The summed E-state index contributed by atoms with van der Waals surface area (Å²) in [4.78, 5) is 13.6. The normalized spacial score (nSPS) is 11.2. The van der Waals surface area contributed by atoms with E-state index in [4.69, 9.17) is 24.4 Å². The summed E-state index contributed by atoms with van der Waals surface area (Å²) in [5, 5.41) is 26.9. The van der Waals surface area contributed by atoms with Crippen molar-refractivity contribution < 1.29 is 37.7 Å². The number of aromatic nitrogens is 3. The summed E-state index contributed by atoms with van der Waals surface area (Å²) in [6.07, 6.45) is -5.08. The van der Waals surface area contributed by atoms with Crippen LogP contribution in [0.5, 0.6) is 17.2 Å². The van der Waals surface area contributed by atoms with E-state index in [-0.39, 0.29) is 5.75 Å². The quantitative estimate of drug-likeness (QED) is 0.423. The van der Waals surface area contributed by atoms with Crippen molar-refractivity contribution in [3.05, 3.63) is 42.1 Å². The Morgan fingerprint density at radius 1 is 1.03 bits per heavy atom. The van der Waals surface area contributed by atoms with E-state index in [1.807, 2.05) is 31.2 Å². The van der Waals surface area contributed by atoms with Crippen LogP contribution in [-0.2, 0) is 4.79 Å². The summed E-state index contributed by atoms with van der Waals surface area (Å²) in [7, 11) is 3.23. The molecule has 0 spiro atoms. The number of phenols is 1. The number of hydrogen-bond acceptors (Lipinski definition) is 6. The SMILES string of the molecule is COc1cc2c(-c3ccc(O)cc3)nc3n[nH]c(C)c3c2cc1OC.O=C(O)C(F)(F)F. The molecular weight excluding hydrogens is 431 g/mol. The van der Waals surface area contributed by atoms with Gasteiger partial charge in [-0.1, -0.05) is 0 Å². The number of nitrogens with zero attached hydrogens (tertiary/aromatic N) is 2. The van der Waals surface area contributed by atoms with E-state index in [0.29, 0.717) is 17.1 Å². The fourth-order valence-corrected chi connectivity index (χ4v) is 3.11. The molecule has 2 aromatic carbocycles. The van der Waals surface area contributed by atoms with Crippen LogP contribution >= 0.6 is 0 Å². The average Bonchev–Trinajstić information content (AvgIpc) is 3.13. The molecule has 2 aromatic heterocycles. The number of carbonyl (C=O) groups is 1. The van der Waals surface area contributed by atoms with E-state index < -0.39 is 12.1 Å². The first kappa shape index (κ1) is 22.7. The first-order valence-corrected chi connectivity index (χ1v) is 9.06. The number of halogens is 3. The lowest BCUT2D eigenvalue weighted by Crippen LogP contribution is -2.21. The van der Waals surface area contributed by atoms with Crippen LogP contribution < -0.4 is 9.47 Å². The molecule has 0 aliphatic heterocycles. The number of pyridine rings is 1. The van der Waals surface area contributed by atoms with E-state index in [0.717, 1.165) is 33.1 Å². The number of rotatable bonds is 3. The van der Waals surface area contributed by atoms with Crippen molar-refractivity contribution in [2.75, 3.05) is 14.2 Å². The third-order valence-electron chi connectivity index (χ3n) is 4.58. The van der Waals surface area contributed by atoms with E-state index in [9.17, 15) is 18.3 Å². The summed E-state index contributed by atoms with van der Waals surface area (Å²) in [5.74, 6) is -1.26. The number of carboxylic acids is 1. The van der Waals surface area contributed by atoms with Crippen LogP contribution in [0.15, 0.2) is 36.4 Å². The van der Waals surface area contributed by atoms with Gasteiger partial charge in [-0.05, 0) is 43.3 Å². The number of aliphatic carboxylic acids is 1. The average molecular weight is 449 g/mol. The van der Waals surface area contributed by atoms with Crippen LogP contribution in [0.3, 0.4) is 0 Å². The monoisotopic (exact) mass is 449 g/mol. The Morgan fingerprint density at radius 2 is 1.56 bits per heavy atom. The zero-order chi connectivity index (χ0) is 23.6. The molecule has 4 rings (SSSR count). The van der Waals surface area contributed by atoms with Crippen LogP contribution in [0.1, 0.15) is 5.69 Å². The van der Waals surface area contributed by atoms with Gasteiger partial charge in [0, 0.05) is 27.4 Å². The summed E-state index contributed by atoms with van der Waals surface area (Å²) < 4.78 is 42.7. The highest BCUT2D eigenvalue weighted by Crippen LogP contribution is 2.40. The molecule has 0 unspecified atom stereocenters. The Balaban J connectivity index is 0.000000360. The number of H-pyrrole nitrogens is 1. The van der Waals surface area contributed by atoms with Crippen molar-refractivity contribution in [3.63, 3.8) is 0 Å². The summed E-state index contributed by atoms with van der Waals surface area (Å²) in [6.45, 7) is 1.97. The van der Waals surface area contributed by atoms with Gasteiger partial charge in [-0.3, -0.25) is 5.10 Å². The Bertz CT molecular complexity index is 1280. The molecular formula is C21H18F3N3O5. The van der Waals surface area contributed by atoms with Crippen LogP contribution in [0.4, 0.5) is 13.2 Å². The Labute approximate surface area is 179 Å². The van der Waals surface area contributed by atoms with E-state index >= 15 is 0 Å². The topological polar surface area (TPSA) is 118 Å². The molecule has 0 fully saturated rings. The molecule has 0 saturated heterocycles. The second-order valence-corrected chi connectivity index (χ2v) is 6.61. The van der Waals surface area contributed by atoms with Gasteiger partial charge in [-0.25, -0.2) is 9.78 Å². The molecule has 0 aliphatic carbocycles. The number of benzene rings is 2. The molecule has 0 bridgehead atoms. The van der Waals surface area contributed by atoms with E-state index in [2.05, 4.69) is 10.2 Å².